The number of aliphatic carboxylic acids is 1. The number of amides is 2. The van der Waals surface area contributed by atoms with Gasteiger partial charge in [0.05, 0.1) is 59.0 Å². The van der Waals surface area contributed by atoms with Gasteiger partial charge < -0.3 is 200 Å². The molecule has 2 amide bonds. The van der Waals surface area contributed by atoms with Crippen LogP contribution in [0, 0.1) is 0 Å². The average Bonchev–Trinajstić information content (AvgIpc) is 0.758. The van der Waals surface area contributed by atoms with Crippen LogP contribution in [0.25, 0.3) is 0 Å². The molecule has 7 rings (SSSR count). The summed E-state index contributed by atoms with van der Waals surface area (Å²) < 4.78 is 105. The lowest BCUT2D eigenvalue weighted by molar-refractivity contribution is -0.415. The third kappa shape index (κ3) is 19.5. The molecule has 0 aromatic rings. The number of phosphoric ester groups is 1. The normalized spacial score (nSPS) is 45.1. The van der Waals surface area contributed by atoms with Crippen molar-refractivity contribution in [1.82, 2.24) is 10.6 Å². The van der Waals surface area contributed by atoms with Gasteiger partial charge in [0, 0.05) is 33.7 Å². The molecule has 7 aliphatic heterocycles. The Morgan fingerprint density at radius 1 is 0.490 bits per heavy atom. The summed E-state index contributed by atoms with van der Waals surface area (Å²) in [4.78, 5) is 60.4. The molecule has 7 saturated heterocycles. The molecule has 7 aliphatic rings. The molecular formula is C54H92N3O44P. The van der Waals surface area contributed by atoms with E-state index in [1.165, 1.54) is 0 Å². The monoisotopic (exact) mass is 1520 g/mol. The number of esters is 1. The van der Waals surface area contributed by atoms with Gasteiger partial charge in [0.2, 0.25) is 11.8 Å². The molecule has 47 nitrogen and oxygen atoms in total. The number of carbonyl (C=O) groups excluding carboxylic acids is 3. The molecule has 1 unspecified atom stereocenters. The summed E-state index contributed by atoms with van der Waals surface area (Å²) in [5.74, 6) is -8.40. The topological polar surface area (TPSA) is 748 Å². The van der Waals surface area contributed by atoms with E-state index >= 15 is 0 Å². The van der Waals surface area contributed by atoms with Gasteiger partial charge in [0.25, 0.3) is 5.79 Å². The van der Waals surface area contributed by atoms with Crippen LogP contribution in [0.4, 0.5) is 0 Å². The van der Waals surface area contributed by atoms with Crippen molar-refractivity contribution in [2.45, 2.75) is 254 Å². The van der Waals surface area contributed by atoms with E-state index in [1.54, 1.807) is 0 Å². The number of hydrogen-bond acceptors (Lipinski definition) is 43. The number of aliphatic hydroxyl groups is 21. The van der Waals surface area contributed by atoms with Gasteiger partial charge in [0.1, 0.15) is 171 Å². The fourth-order valence-electron chi connectivity index (χ4n) is 12.4. The van der Waals surface area contributed by atoms with Gasteiger partial charge in [0.15, 0.2) is 43.8 Å². The highest BCUT2D eigenvalue weighted by atomic mass is 31.2. The van der Waals surface area contributed by atoms with Crippen LogP contribution in [0.2, 0.25) is 0 Å². The number of hydrogen-bond donors (Lipinski definition) is 26. The van der Waals surface area contributed by atoms with E-state index in [1.807, 2.05) is 0 Å². The van der Waals surface area contributed by atoms with E-state index < -0.39 is 324 Å². The number of aliphatic hydroxyl groups excluding tert-OH is 20. The lowest BCUT2D eigenvalue weighted by Crippen LogP contribution is -2.71. The zero-order valence-corrected chi connectivity index (χ0v) is 55.1. The number of phosphoric acid groups is 1. The maximum Gasteiger partial charge on any atom is 0.472 e. The third-order valence-corrected chi connectivity index (χ3v) is 18.5. The van der Waals surface area contributed by atoms with Crippen LogP contribution in [0.1, 0.15) is 27.2 Å². The first-order chi connectivity index (χ1) is 48.0. The predicted molar refractivity (Wildman–Crippen MR) is 311 cm³/mol. The van der Waals surface area contributed by atoms with Crippen LogP contribution in [-0.4, -0.2) is 427 Å². The fourth-order valence-corrected chi connectivity index (χ4v) is 13.3. The molecule has 0 radical (unpaired) electrons. The second-order valence-electron chi connectivity index (χ2n) is 24.7. The van der Waals surface area contributed by atoms with E-state index in [0.717, 1.165) is 20.8 Å². The molecule has 0 aromatic heterocycles. The number of carboxylic acid groups (broad SMARTS) is 1. The Morgan fingerprint density at radius 3 is 1.49 bits per heavy atom. The van der Waals surface area contributed by atoms with Gasteiger partial charge in [-0.2, -0.15) is 0 Å². The third-order valence-electron chi connectivity index (χ3n) is 17.5. The quantitative estimate of drug-likeness (QED) is 0.0226. The first-order valence-electron chi connectivity index (χ1n) is 31.7. The molecule has 38 atom stereocenters. The first-order valence-corrected chi connectivity index (χ1v) is 33.2. The zero-order chi connectivity index (χ0) is 75.9. The number of nitrogens with one attached hydrogen (secondary N) is 2. The van der Waals surface area contributed by atoms with Crippen LogP contribution in [0.15, 0.2) is 0 Å². The lowest BCUT2D eigenvalue weighted by Gasteiger charge is -2.52. The minimum absolute atomic E-state index is 0.406. The van der Waals surface area contributed by atoms with Crippen molar-refractivity contribution in [2.24, 2.45) is 5.73 Å². The highest BCUT2D eigenvalue weighted by molar-refractivity contribution is 7.47. The summed E-state index contributed by atoms with van der Waals surface area (Å²) in [5, 5.41) is 249. The number of ether oxygens (including phenoxy) is 14. The Kier molecular flexibility index (Phi) is 31.2. The maximum atomic E-state index is 13.2. The van der Waals surface area contributed by atoms with Crippen LogP contribution in [0.3, 0.4) is 0 Å². The molecule has 0 aliphatic carbocycles. The van der Waals surface area contributed by atoms with Crippen molar-refractivity contribution in [3.8, 4) is 0 Å². The van der Waals surface area contributed by atoms with Crippen LogP contribution in [-0.2, 0) is 99.1 Å². The molecule has 7 heterocycles. The van der Waals surface area contributed by atoms with Crippen molar-refractivity contribution >= 4 is 31.6 Å². The second kappa shape index (κ2) is 37.1. The Hall–Kier alpha value is -3.41. The standard InChI is InChI=1S/C54H92N3O44P/c1-14(65)56-25-30(74)27(71)20(9-60)88-47(25)96-43-29(73)22(11-62)90-50(35(43)79)94-40-23(12-63)91-49(34(78)33(40)77)99-46-38(18(69)7-58)93-51(92-37-17(68)6-54(83,53(81)82)100-39(37)19(70)8-59)36(80)44(46)97-52-45(32(76)31(75)41(95-52)24(13-64)101-102(84,85)86-5-4-55)98-48-26(57-15(2)66)42(87-16(3)67)28(72)21(10-61)89-48/h17-52,58-64,68-80,83H,4-13,55H2,1-3H3,(H,56,65)(H,57,66)(H,81,82)(H,84,85)/t17-,18+,19-,20-,21-,22-,23-,24+,25-,26-,27-,28-,29+,30-,31+,32+,33-,34-,35-,36+,37-,38-,39-,40-,41-,42-,43+,44-,45+,46-,47+,48-,49+,50+,51+,52-,54-/m1/s1. The number of carboxylic acids is 1. The first kappa shape index (κ1) is 85.8. The van der Waals surface area contributed by atoms with Gasteiger partial charge in [-0.25, -0.2) is 9.36 Å². The van der Waals surface area contributed by atoms with E-state index in [9.17, 15) is 141 Å². The van der Waals surface area contributed by atoms with Gasteiger partial charge in [-0.1, -0.05) is 0 Å². The molecule has 27 N–H and O–H groups in total. The minimum Gasteiger partial charge on any atom is -0.477 e. The molecule has 0 bridgehead atoms. The van der Waals surface area contributed by atoms with Crippen molar-refractivity contribution < 1.29 is 216 Å². The second-order valence-corrected chi connectivity index (χ2v) is 26.1. The molecular weight excluding hydrogens is 1430 g/mol. The number of nitrogens with two attached hydrogens (primary N) is 1. The van der Waals surface area contributed by atoms with Gasteiger partial charge in [-0.05, 0) is 0 Å². The van der Waals surface area contributed by atoms with E-state index in [0.29, 0.717) is 0 Å². The summed E-state index contributed by atoms with van der Waals surface area (Å²) in [5.41, 5.74) is 5.42. The number of rotatable bonds is 31. The molecule has 7 fully saturated rings. The van der Waals surface area contributed by atoms with Crippen molar-refractivity contribution in [3.05, 3.63) is 0 Å². The van der Waals surface area contributed by atoms with Crippen LogP contribution >= 0.6 is 7.82 Å². The SMILES string of the molecule is CC(=O)N[C@H]1[C@H](O[C@H]2[C@@H](O)[C@@H](CO)O[C@@H](O[C@H]3[C@H](O)[C@@H](O)[C@H](O[C@H]4[C@H](O[C@H]5O[C@H]([C@H](CO)OP(=O)(O)OCCN)[C@@H](O)[C@H](O)[C@@H]5O[C@H]5O[C@H](CO)[C@@H](O)[C@H](OC(C)=O)[C@H]5NC(C)=O)[C@H](O)[C@@H](O[C@H]5[C@@H]([C@H](O)CO)O[C@@](O)(C(=O)O)C[C@H]5O)O[C@@H]4[C@@H](O)CO)O[C@@H]3CO)[C@@H]2O)O[C@H](CO)[C@@H](O)[C@@H]1O. The molecule has 0 aromatic carbocycles. The van der Waals surface area contributed by atoms with Gasteiger partial charge in [-0.3, -0.25) is 23.4 Å². The fraction of sp³-hybridized carbons (Fsp3) is 0.926. The molecule has 0 saturated carbocycles. The Morgan fingerprint density at radius 2 is 0.941 bits per heavy atom. The minimum atomic E-state index is -5.40. The molecule has 592 valence electrons. The van der Waals surface area contributed by atoms with Crippen LogP contribution in [0.5, 0.6) is 0 Å². The maximum absolute atomic E-state index is 13.2. The Balaban J connectivity index is 1.32. The van der Waals surface area contributed by atoms with Crippen molar-refractivity contribution in [2.75, 3.05) is 59.4 Å². The predicted octanol–water partition coefficient (Wildman–Crippen LogP) is -16.8. The van der Waals surface area contributed by atoms with Crippen molar-refractivity contribution in [1.29, 1.82) is 0 Å². The number of carbonyl (C=O) groups is 4. The summed E-state index contributed by atoms with van der Waals surface area (Å²) in [6.07, 6.45) is -79.3. The van der Waals surface area contributed by atoms with Crippen molar-refractivity contribution in [3.63, 3.8) is 0 Å². The molecule has 0 spiro atoms. The van der Waals surface area contributed by atoms with E-state index in [2.05, 4.69) is 10.6 Å². The zero-order valence-electron chi connectivity index (χ0n) is 54.2. The summed E-state index contributed by atoms with van der Waals surface area (Å²) in [6, 6.07) is -3.61. The Bertz CT molecular complexity index is 2730. The summed E-state index contributed by atoms with van der Waals surface area (Å²) >= 11 is 0. The molecule has 102 heavy (non-hydrogen) atoms. The Labute approximate surface area is 576 Å². The average molecular weight is 1520 g/mol. The van der Waals surface area contributed by atoms with Gasteiger partial charge in [-0.15, -0.1) is 0 Å². The summed E-state index contributed by atoms with van der Waals surface area (Å²) in [7, 11) is -5.40. The van der Waals surface area contributed by atoms with E-state index in [-0.39, 0.29) is 0 Å². The largest absolute Gasteiger partial charge is 0.477 e. The lowest BCUT2D eigenvalue weighted by atomic mass is 9.91. The molecule has 48 heteroatoms. The highest BCUT2D eigenvalue weighted by Crippen LogP contribution is 2.47. The van der Waals surface area contributed by atoms with Crippen LogP contribution < -0.4 is 16.4 Å². The van der Waals surface area contributed by atoms with Gasteiger partial charge >= 0.3 is 19.8 Å². The summed E-state index contributed by atoms with van der Waals surface area (Å²) in [6.45, 7) is -7.07. The highest BCUT2D eigenvalue weighted by Gasteiger charge is 2.62. The van der Waals surface area contributed by atoms with E-state index in [4.69, 9.17) is 81.1 Å². The smallest absolute Gasteiger partial charge is 0.472 e.